The molecule has 220 valence electrons. The highest BCUT2D eigenvalue weighted by Gasteiger charge is 2.62. The Morgan fingerprint density at radius 3 is 2.26 bits per heavy atom. The van der Waals surface area contributed by atoms with Gasteiger partial charge < -0.3 is 14.7 Å². The number of rotatable bonds is 6. The van der Waals surface area contributed by atoms with Crippen LogP contribution in [-0.2, 0) is 16.1 Å². The van der Waals surface area contributed by atoms with E-state index in [1.165, 1.54) is 6.07 Å². The largest absolute Gasteiger partial charge is 0.465 e. The Kier molecular flexibility index (Phi) is 9.38. The van der Waals surface area contributed by atoms with Gasteiger partial charge in [-0.05, 0) is 62.9 Å². The van der Waals surface area contributed by atoms with E-state index in [4.69, 9.17) is 16.3 Å². The molecule has 0 spiro atoms. The van der Waals surface area contributed by atoms with Crippen molar-refractivity contribution >= 4 is 23.7 Å². The number of carboxylic acid groups (broad SMARTS) is 1. The van der Waals surface area contributed by atoms with Gasteiger partial charge in [-0.3, -0.25) is 14.6 Å². The molecule has 0 aromatic heterocycles. The van der Waals surface area contributed by atoms with E-state index >= 15 is 0 Å². The molecule has 2 unspecified atom stereocenters. The van der Waals surface area contributed by atoms with E-state index in [0.717, 1.165) is 4.90 Å². The van der Waals surface area contributed by atoms with E-state index in [2.05, 4.69) is 0 Å². The van der Waals surface area contributed by atoms with Crippen molar-refractivity contribution in [2.24, 2.45) is 5.92 Å². The summed E-state index contributed by atoms with van der Waals surface area (Å²) in [6.45, 7) is 4.54. The summed E-state index contributed by atoms with van der Waals surface area (Å²) in [6, 6.07) is 2.57. The fraction of sp³-hybridized carbons (Fsp3) is 0.680. The topological polar surface area (TPSA) is 73.3 Å². The molecule has 1 aromatic rings. The molecule has 2 atom stereocenters. The first kappa shape index (κ1) is 31.3. The number of alkyl halides is 6. The van der Waals surface area contributed by atoms with E-state index in [0.29, 0.717) is 40.6 Å². The maximum atomic E-state index is 13.7. The van der Waals surface area contributed by atoms with Crippen LogP contribution in [0.15, 0.2) is 18.2 Å². The van der Waals surface area contributed by atoms with Crippen molar-refractivity contribution in [3.63, 3.8) is 0 Å². The zero-order valence-electron chi connectivity index (χ0n) is 21.8. The van der Waals surface area contributed by atoms with E-state index in [9.17, 15) is 41.0 Å². The second kappa shape index (κ2) is 11.7. The Labute approximate surface area is 227 Å². The maximum absolute atomic E-state index is 13.7. The number of benzene rings is 1. The Morgan fingerprint density at radius 2 is 1.69 bits per heavy atom. The number of amides is 1. The molecule has 3 rings (SSSR count). The number of hydrogen-bond acceptors (Lipinski definition) is 5. The van der Waals surface area contributed by atoms with Crippen LogP contribution >= 0.6 is 11.6 Å². The summed E-state index contributed by atoms with van der Waals surface area (Å²) in [5.41, 5.74) is 0.520. The van der Waals surface area contributed by atoms with Crippen LogP contribution in [0.1, 0.15) is 44.2 Å². The third kappa shape index (κ3) is 8.37. The Morgan fingerprint density at radius 1 is 1.05 bits per heavy atom. The summed E-state index contributed by atoms with van der Waals surface area (Å²) in [5.74, 6) is -4.29. The summed E-state index contributed by atoms with van der Waals surface area (Å²) in [6.07, 6.45) is -12.2. The molecule has 2 fully saturated rings. The lowest BCUT2D eigenvalue weighted by molar-refractivity contribution is -0.302. The van der Waals surface area contributed by atoms with Crippen LogP contribution in [0.25, 0.3) is 0 Å². The Hall–Kier alpha value is -2.25. The second-order valence-electron chi connectivity index (χ2n) is 11.0. The average molecular weight is 588 g/mol. The predicted molar refractivity (Wildman–Crippen MR) is 130 cm³/mol. The standard InChI is InChI=1S/C25H32ClF6N3O4/c1-23(2,3)39-20(36)14-33-7-6-16(11-33)18-10-17(26)5-4-15(18)12-34-8-9-35(22(37)38)13-19(34)21(24(27,28)29)25(30,31)32/h4-5,10,16,19,21H,6-9,11-14H2,1-3H3,(H,37,38). The maximum Gasteiger partial charge on any atom is 0.407 e. The lowest BCUT2D eigenvalue weighted by atomic mass is 9.90. The predicted octanol–water partition coefficient (Wildman–Crippen LogP) is 5.38. The molecule has 7 nitrogen and oxygen atoms in total. The van der Waals surface area contributed by atoms with Crippen molar-refractivity contribution in [3.05, 3.63) is 34.3 Å². The number of nitrogens with zero attached hydrogens (tertiary/aromatic N) is 3. The zero-order valence-corrected chi connectivity index (χ0v) is 22.5. The molecule has 0 radical (unpaired) electrons. The van der Waals surface area contributed by atoms with Crippen molar-refractivity contribution in [3.8, 4) is 0 Å². The van der Waals surface area contributed by atoms with Gasteiger partial charge in [0.05, 0.1) is 6.54 Å². The smallest absolute Gasteiger partial charge is 0.407 e. The van der Waals surface area contributed by atoms with E-state index in [1.807, 2.05) is 4.90 Å². The number of hydrogen-bond donors (Lipinski definition) is 1. The van der Waals surface area contributed by atoms with E-state index < -0.39 is 48.5 Å². The lowest BCUT2D eigenvalue weighted by Gasteiger charge is -2.44. The number of carbonyl (C=O) groups excluding carboxylic acids is 1. The minimum atomic E-state index is -5.63. The minimum Gasteiger partial charge on any atom is -0.465 e. The number of likely N-dealkylation sites (tertiary alicyclic amines) is 1. The van der Waals surface area contributed by atoms with Gasteiger partial charge in [0.2, 0.25) is 0 Å². The minimum absolute atomic E-state index is 0.0434. The molecule has 1 aromatic carbocycles. The van der Waals surface area contributed by atoms with Crippen LogP contribution in [0.2, 0.25) is 5.02 Å². The van der Waals surface area contributed by atoms with Crippen LogP contribution in [0.3, 0.4) is 0 Å². The normalized spacial score (nSPS) is 22.0. The fourth-order valence-electron chi connectivity index (χ4n) is 5.25. The van der Waals surface area contributed by atoms with Gasteiger partial charge in [0, 0.05) is 43.8 Å². The first-order chi connectivity index (χ1) is 17.8. The lowest BCUT2D eigenvalue weighted by Crippen LogP contribution is -2.62. The summed E-state index contributed by atoms with van der Waals surface area (Å²) in [7, 11) is 0. The van der Waals surface area contributed by atoms with Gasteiger partial charge in [0.1, 0.15) is 5.60 Å². The first-order valence-corrected chi connectivity index (χ1v) is 12.8. The van der Waals surface area contributed by atoms with Crippen LogP contribution in [-0.4, -0.2) is 95.1 Å². The zero-order chi connectivity index (χ0) is 29.3. The van der Waals surface area contributed by atoms with Crippen LogP contribution in [0.5, 0.6) is 0 Å². The van der Waals surface area contributed by atoms with Gasteiger partial charge >= 0.3 is 24.4 Å². The van der Waals surface area contributed by atoms with Crippen LogP contribution in [0, 0.1) is 5.92 Å². The average Bonchev–Trinajstić information content (AvgIpc) is 3.20. The summed E-state index contributed by atoms with van der Waals surface area (Å²) >= 11 is 6.21. The van der Waals surface area contributed by atoms with Gasteiger partial charge in [-0.1, -0.05) is 17.7 Å². The van der Waals surface area contributed by atoms with Crippen molar-refractivity contribution in [2.45, 2.75) is 63.7 Å². The second-order valence-corrected chi connectivity index (χ2v) is 11.4. The van der Waals surface area contributed by atoms with E-state index in [1.54, 1.807) is 32.9 Å². The number of esters is 1. The molecular formula is C25H32ClF6N3O4. The highest BCUT2D eigenvalue weighted by atomic mass is 35.5. The monoisotopic (exact) mass is 587 g/mol. The molecule has 14 heteroatoms. The van der Waals surface area contributed by atoms with Gasteiger partial charge in [0.25, 0.3) is 0 Å². The molecule has 1 N–H and O–H groups in total. The molecule has 39 heavy (non-hydrogen) atoms. The van der Waals surface area contributed by atoms with Crippen molar-refractivity contribution in [1.82, 2.24) is 14.7 Å². The third-order valence-corrected chi connectivity index (χ3v) is 7.10. The number of carbonyl (C=O) groups is 2. The quantitative estimate of drug-likeness (QED) is 0.356. The summed E-state index contributed by atoms with van der Waals surface area (Å²) in [5, 5.41) is 9.64. The molecule has 0 saturated carbocycles. The third-order valence-electron chi connectivity index (χ3n) is 6.86. The number of halogens is 7. The van der Waals surface area contributed by atoms with Gasteiger partial charge in [-0.15, -0.1) is 0 Å². The SMILES string of the molecule is CC(C)(C)OC(=O)CN1CCC(c2cc(Cl)ccc2CN2CCN(C(=O)O)CC2C(C(F)(F)F)C(F)(F)F)C1. The van der Waals surface area contributed by atoms with Crippen molar-refractivity contribution in [1.29, 1.82) is 0 Å². The number of ether oxygens (including phenoxy) is 1. The molecule has 2 aliphatic rings. The van der Waals surface area contributed by atoms with Gasteiger partial charge in [0.15, 0.2) is 5.92 Å². The molecule has 2 saturated heterocycles. The fourth-order valence-corrected chi connectivity index (χ4v) is 5.43. The van der Waals surface area contributed by atoms with E-state index in [-0.39, 0.29) is 32.1 Å². The molecule has 0 bridgehead atoms. The molecule has 0 aliphatic carbocycles. The number of piperazine rings is 1. The van der Waals surface area contributed by atoms with Gasteiger partial charge in [-0.2, -0.15) is 26.3 Å². The summed E-state index contributed by atoms with van der Waals surface area (Å²) in [4.78, 5) is 27.2. The molecule has 2 heterocycles. The highest BCUT2D eigenvalue weighted by Crippen LogP contribution is 2.44. The molecule has 2 aliphatic heterocycles. The summed E-state index contributed by atoms with van der Waals surface area (Å²) < 4.78 is 87.5. The first-order valence-electron chi connectivity index (χ1n) is 12.4. The Bertz CT molecular complexity index is 1030. The van der Waals surface area contributed by atoms with Gasteiger partial charge in [-0.25, -0.2) is 4.79 Å². The van der Waals surface area contributed by atoms with Crippen LogP contribution < -0.4 is 0 Å². The van der Waals surface area contributed by atoms with Crippen molar-refractivity contribution < 1.29 is 45.8 Å². The highest BCUT2D eigenvalue weighted by molar-refractivity contribution is 6.30. The van der Waals surface area contributed by atoms with Crippen molar-refractivity contribution in [2.75, 3.05) is 39.3 Å². The molecule has 1 amide bonds. The molecular weight excluding hydrogens is 556 g/mol. The van der Waals surface area contributed by atoms with Crippen LogP contribution in [0.4, 0.5) is 31.1 Å². The Balaban J connectivity index is 1.85.